The smallest absolute Gasteiger partial charge is 0.271 e. The summed E-state index contributed by atoms with van der Waals surface area (Å²) in [6.07, 6.45) is 1.52. The Morgan fingerprint density at radius 3 is 2.19 bits per heavy atom. The Balaban J connectivity index is 1.77. The quantitative estimate of drug-likeness (QED) is 0.536. The van der Waals surface area contributed by atoms with Gasteiger partial charge in [0, 0.05) is 11.1 Å². The molecule has 6 nitrogen and oxygen atoms in total. The summed E-state index contributed by atoms with van der Waals surface area (Å²) in [7, 11) is 4.62. The fraction of sp³-hybridized carbons (Fsp3) is 0.143. The molecule has 0 unspecified atom stereocenters. The van der Waals surface area contributed by atoms with Gasteiger partial charge in [-0.2, -0.15) is 5.10 Å². The Morgan fingerprint density at radius 2 is 1.56 bits per heavy atom. The molecule has 3 rings (SSSR count). The second-order valence-electron chi connectivity index (χ2n) is 5.72. The number of benzene rings is 3. The van der Waals surface area contributed by atoms with E-state index in [1.54, 1.807) is 32.4 Å². The van der Waals surface area contributed by atoms with Crippen molar-refractivity contribution in [3.8, 4) is 17.2 Å². The first kappa shape index (κ1) is 18.3. The van der Waals surface area contributed by atoms with Gasteiger partial charge in [0.15, 0.2) is 11.5 Å². The van der Waals surface area contributed by atoms with Crippen LogP contribution in [0.15, 0.2) is 59.7 Å². The molecule has 27 heavy (non-hydrogen) atoms. The van der Waals surface area contributed by atoms with Crippen LogP contribution in [-0.2, 0) is 0 Å². The Hall–Kier alpha value is -3.54. The van der Waals surface area contributed by atoms with Crippen molar-refractivity contribution in [1.29, 1.82) is 0 Å². The van der Waals surface area contributed by atoms with Crippen LogP contribution >= 0.6 is 0 Å². The van der Waals surface area contributed by atoms with E-state index in [0.717, 1.165) is 10.8 Å². The van der Waals surface area contributed by atoms with Crippen LogP contribution in [0.4, 0.5) is 0 Å². The maximum atomic E-state index is 12.3. The van der Waals surface area contributed by atoms with E-state index < -0.39 is 0 Å². The predicted molar refractivity (Wildman–Crippen MR) is 105 cm³/mol. The normalized spacial score (nSPS) is 10.8. The first-order chi connectivity index (χ1) is 13.2. The standard InChI is InChI=1S/C21H20N2O4/c1-25-18-10-14(11-19(26-2)20(18)27-3)13-22-23-21(24)17-9-8-15-6-4-5-7-16(15)12-17/h4-13H,1-3H3,(H,23,24)/b22-13-. The van der Waals surface area contributed by atoms with Gasteiger partial charge in [-0.05, 0) is 35.0 Å². The molecular formula is C21H20N2O4. The zero-order chi connectivity index (χ0) is 19.2. The molecule has 0 bridgehead atoms. The molecule has 3 aromatic rings. The van der Waals surface area contributed by atoms with Crippen molar-refractivity contribution in [2.45, 2.75) is 0 Å². The highest BCUT2D eigenvalue weighted by atomic mass is 16.5. The van der Waals surface area contributed by atoms with Gasteiger partial charge in [0.1, 0.15) is 0 Å². The lowest BCUT2D eigenvalue weighted by molar-refractivity contribution is 0.0955. The lowest BCUT2D eigenvalue weighted by atomic mass is 10.1. The molecule has 138 valence electrons. The molecule has 0 heterocycles. The van der Waals surface area contributed by atoms with E-state index >= 15 is 0 Å². The summed E-state index contributed by atoms with van der Waals surface area (Å²) in [5.74, 6) is 1.24. The first-order valence-corrected chi connectivity index (χ1v) is 8.28. The summed E-state index contributed by atoms with van der Waals surface area (Å²) in [5.41, 5.74) is 3.77. The van der Waals surface area contributed by atoms with Gasteiger partial charge in [-0.1, -0.05) is 30.3 Å². The number of hydrazone groups is 1. The molecule has 0 saturated heterocycles. The highest BCUT2D eigenvalue weighted by Crippen LogP contribution is 2.37. The van der Waals surface area contributed by atoms with Crippen molar-refractivity contribution in [2.75, 3.05) is 21.3 Å². The van der Waals surface area contributed by atoms with Gasteiger partial charge in [-0.25, -0.2) is 5.43 Å². The van der Waals surface area contributed by atoms with E-state index in [0.29, 0.717) is 28.4 Å². The van der Waals surface area contributed by atoms with Gasteiger partial charge < -0.3 is 14.2 Å². The number of nitrogens with zero attached hydrogens (tertiary/aromatic N) is 1. The molecule has 0 radical (unpaired) electrons. The molecular weight excluding hydrogens is 344 g/mol. The highest BCUT2D eigenvalue weighted by molar-refractivity contribution is 5.99. The van der Waals surface area contributed by atoms with Gasteiger partial charge in [0.25, 0.3) is 5.91 Å². The number of ether oxygens (including phenoxy) is 3. The number of hydrogen-bond donors (Lipinski definition) is 1. The van der Waals surface area contributed by atoms with Crippen molar-refractivity contribution < 1.29 is 19.0 Å². The molecule has 0 aliphatic heterocycles. The summed E-state index contributed by atoms with van der Waals surface area (Å²) in [4.78, 5) is 12.3. The fourth-order valence-electron chi connectivity index (χ4n) is 2.74. The maximum absolute atomic E-state index is 12.3. The van der Waals surface area contributed by atoms with E-state index in [4.69, 9.17) is 14.2 Å². The molecule has 6 heteroatoms. The van der Waals surface area contributed by atoms with Crippen LogP contribution in [0.3, 0.4) is 0 Å². The second kappa shape index (κ2) is 8.23. The number of carbonyl (C=O) groups is 1. The average molecular weight is 364 g/mol. The lowest BCUT2D eigenvalue weighted by Gasteiger charge is -2.12. The summed E-state index contributed by atoms with van der Waals surface area (Å²) >= 11 is 0. The highest BCUT2D eigenvalue weighted by Gasteiger charge is 2.12. The maximum Gasteiger partial charge on any atom is 0.271 e. The molecule has 0 aliphatic rings. The van der Waals surface area contributed by atoms with Crippen molar-refractivity contribution >= 4 is 22.9 Å². The van der Waals surface area contributed by atoms with Crippen molar-refractivity contribution in [3.05, 3.63) is 65.7 Å². The third kappa shape index (κ3) is 4.00. The summed E-state index contributed by atoms with van der Waals surface area (Å²) < 4.78 is 15.9. The van der Waals surface area contributed by atoms with Crippen molar-refractivity contribution in [2.24, 2.45) is 5.10 Å². The minimum Gasteiger partial charge on any atom is -0.493 e. The molecule has 0 spiro atoms. The summed E-state index contributed by atoms with van der Waals surface area (Å²) in [6.45, 7) is 0. The van der Waals surface area contributed by atoms with Crippen molar-refractivity contribution in [1.82, 2.24) is 5.43 Å². The van der Waals surface area contributed by atoms with Gasteiger partial charge in [-0.3, -0.25) is 4.79 Å². The fourth-order valence-corrected chi connectivity index (χ4v) is 2.74. The predicted octanol–water partition coefficient (Wildman–Crippen LogP) is 3.63. The van der Waals surface area contributed by atoms with Crippen LogP contribution in [0.1, 0.15) is 15.9 Å². The lowest BCUT2D eigenvalue weighted by Crippen LogP contribution is -2.17. The zero-order valence-electron chi connectivity index (χ0n) is 15.4. The first-order valence-electron chi connectivity index (χ1n) is 8.28. The molecule has 0 fully saturated rings. The largest absolute Gasteiger partial charge is 0.493 e. The monoisotopic (exact) mass is 364 g/mol. The molecule has 3 aromatic carbocycles. The Kier molecular flexibility index (Phi) is 5.56. The minimum absolute atomic E-state index is 0.288. The van der Waals surface area contributed by atoms with Crippen molar-refractivity contribution in [3.63, 3.8) is 0 Å². The number of fused-ring (bicyclic) bond motifs is 1. The van der Waals surface area contributed by atoms with Crippen LogP contribution in [0, 0.1) is 0 Å². The SMILES string of the molecule is COc1cc(/C=N\NC(=O)c2ccc3ccccc3c2)cc(OC)c1OC. The topological polar surface area (TPSA) is 69.2 Å². The third-order valence-electron chi connectivity index (χ3n) is 4.08. The number of carbonyl (C=O) groups excluding carboxylic acids is 1. The molecule has 0 saturated carbocycles. The Bertz CT molecular complexity index is 973. The van der Waals surface area contributed by atoms with Gasteiger partial charge in [-0.15, -0.1) is 0 Å². The number of nitrogens with one attached hydrogen (secondary N) is 1. The van der Waals surface area contributed by atoms with Crippen LogP contribution in [-0.4, -0.2) is 33.5 Å². The molecule has 1 N–H and O–H groups in total. The Morgan fingerprint density at radius 1 is 0.889 bits per heavy atom. The molecule has 0 atom stereocenters. The van der Waals surface area contributed by atoms with Crippen LogP contribution in [0.25, 0.3) is 10.8 Å². The van der Waals surface area contributed by atoms with E-state index in [1.807, 2.05) is 36.4 Å². The summed E-state index contributed by atoms with van der Waals surface area (Å²) in [5, 5.41) is 6.11. The van der Waals surface area contributed by atoms with E-state index in [1.165, 1.54) is 13.3 Å². The molecule has 1 amide bonds. The zero-order valence-corrected chi connectivity index (χ0v) is 15.4. The van der Waals surface area contributed by atoms with E-state index in [-0.39, 0.29) is 5.91 Å². The van der Waals surface area contributed by atoms with Gasteiger partial charge in [0.05, 0.1) is 27.5 Å². The minimum atomic E-state index is -0.288. The van der Waals surface area contributed by atoms with E-state index in [2.05, 4.69) is 10.5 Å². The average Bonchev–Trinajstić information content (AvgIpc) is 2.72. The van der Waals surface area contributed by atoms with Crippen LogP contribution in [0.2, 0.25) is 0 Å². The third-order valence-corrected chi connectivity index (χ3v) is 4.08. The molecule has 0 aromatic heterocycles. The number of hydrogen-bond acceptors (Lipinski definition) is 5. The number of methoxy groups -OCH3 is 3. The van der Waals surface area contributed by atoms with E-state index in [9.17, 15) is 4.79 Å². The number of rotatable bonds is 6. The Labute approximate surface area is 157 Å². The molecule has 0 aliphatic carbocycles. The van der Waals surface area contributed by atoms with Crippen LogP contribution < -0.4 is 19.6 Å². The number of amides is 1. The van der Waals surface area contributed by atoms with Gasteiger partial charge in [0.2, 0.25) is 5.75 Å². The summed E-state index contributed by atoms with van der Waals surface area (Å²) in [6, 6.07) is 16.9. The van der Waals surface area contributed by atoms with Gasteiger partial charge >= 0.3 is 0 Å². The second-order valence-corrected chi connectivity index (χ2v) is 5.72. The van der Waals surface area contributed by atoms with Crippen LogP contribution in [0.5, 0.6) is 17.2 Å².